The van der Waals surface area contributed by atoms with Crippen LogP contribution in [0.1, 0.15) is 26.3 Å². The summed E-state index contributed by atoms with van der Waals surface area (Å²) < 4.78 is 10.0. The summed E-state index contributed by atoms with van der Waals surface area (Å²) in [6, 6.07) is 14.4. The van der Waals surface area contributed by atoms with E-state index in [1.165, 1.54) is 10.8 Å². The second-order valence-corrected chi connectivity index (χ2v) is 5.78. The maximum Gasteiger partial charge on any atom is 0.509 e. The van der Waals surface area contributed by atoms with Crippen molar-refractivity contribution in [3.05, 3.63) is 54.1 Å². The number of carbonyl (C=O) groups excluding carboxylic acids is 1. The minimum Gasteiger partial charge on any atom is -0.430 e. The third-order valence-corrected chi connectivity index (χ3v) is 2.77. The highest BCUT2D eigenvalue weighted by molar-refractivity contribution is 5.84. The molecule has 0 saturated carbocycles. The Morgan fingerprint density at radius 3 is 2.52 bits per heavy atom. The van der Waals surface area contributed by atoms with Crippen LogP contribution in [-0.2, 0) is 9.47 Å². The summed E-state index contributed by atoms with van der Waals surface area (Å²) in [7, 11) is 0. The van der Waals surface area contributed by atoms with E-state index in [4.69, 9.17) is 9.47 Å². The van der Waals surface area contributed by atoms with Crippen molar-refractivity contribution in [1.29, 1.82) is 0 Å². The van der Waals surface area contributed by atoms with Crippen LogP contribution in [0.25, 0.3) is 16.8 Å². The molecule has 0 aliphatic carbocycles. The monoisotopic (exact) mass is 284 g/mol. The summed E-state index contributed by atoms with van der Waals surface area (Å²) in [4.78, 5) is 11.4. The summed E-state index contributed by atoms with van der Waals surface area (Å²) in [6.45, 7) is 5.61. The van der Waals surface area contributed by atoms with Gasteiger partial charge in [0.15, 0.2) is 0 Å². The van der Waals surface area contributed by atoms with E-state index in [0.717, 1.165) is 5.56 Å². The molecular formula is C18H20O3. The molecule has 0 spiro atoms. The molecular weight excluding hydrogens is 264 g/mol. The lowest BCUT2D eigenvalue weighted by atomic mass is 10.1. The van der Waals surface area contributed by atoms with Crippen molar-refractivity contribution in [2.75, 3.05) is 6.61 Å². The van der Waals surface area contributed by atoms with E-state index < -0.39 is 11.8 Å². The normalized spacial score (nSPS) is 11.8. The Kier molecular flexibility index (Phi) is 4.63. The van der Waals surface area contributed by atoms with Gasteiger partial charge >= 0.3 is 6.16 Å². The molecule has 0 heterocycles. The highest BCUT2D eigenvalue weighted by Gasteiger charge is 2.16. The van der Waals surface area contributed by atoms with Gasteiger partial charge in [-0.3, -0.25) is 0 Å². The van der Waals surface area contributed by atoms with Crippen LogP contribution in [0.3, 0.4) is 0 Å². The second kappa shape index (κ2) is 6.44. The van der Waals surface area contributed by atoms with Crippen molar-refractivity contribution >= 4 is 23.0 Å². The first-order chi connectivity index (χ1) is 9.94. The third-order valence-electron chi connectivity index (χ3n) is 2.77. The topological polar surface area (TPSA) is 35.5 Å². The van der Waals surface area contributed by atoms with Crippen molar-refractivity contribution in [2.45, 2.75) is 26.4 Å². The molecule has 21 heavy (non-hydrogen) atoms. The molecule has 3 heteroatoms. The molecule has 0 aromatic heterocycles. The van der Waals surface area contributed by atoms with Crippen LogP contribution in [0, 0.1) is 0 Å². The summed E-state index contributed by atoms with van der Waals surface area (Å²) in [5.41, 5.74) is 0.542. The van der Waals surface area contributed by atoms with Gasteiger partial charge in [-0.15, -0.1) is 0 Å². The molecule has 0 fully saturated rings. The molecule has 2 aromatic carbocycles. The van der Waals surface area contributed by atoms with Gasteiger partial charge in [0.2, 0.25) is 0 Å². The average molecular weight is 284 g/mol. The smallest absolute Gasteiger partial charge is 0.430 e. The van der Waals surface area contributed by atoms with Crippen molar-refractivity contribution in [3.8, 4) is 0 Å². The van der Waals surface area contributed by atoms with Crippen LogP contribution in [0.2, 0.25) is 0 Å². The molecule has 110 valence electrons. The van der Waals surface area contributed by atoms with E-state index in [0.29, 0.717) is 0 Å². The quantitative estimate of drug-likeness (QED) is 0.759. The number of fused-ring (bicyclic) bond motifs is 1. The second-order valence-electron chi connectivity index (χ2n) is 5.78. The lowest BCUT2D eigenvalue weighted by molar-refractivity contribution is -0.00234. The zero-order valence-corrected chi connectivity index (χ0v) is 12.6. The van der Waals surface area contributed by atoms with Crippen LogP contribution in [-0.4, -0.2) is 18.4 Å². The molecule has 2 rings (SSSR count). The number of hydrogen-bond donors (Lipinski definition) is 0. The zero-order valence-electron chi connectivity index (χ0n) is 12.6. The molecule has 0 aliphatic heterocycles. The molecule has 0 aliphatic rings. The van der Waals surface area contributed by atoms with Crippen LogP contribution in [0.15, 0.2) is 48.5 Å². The lowest BCUT2D eigenvalue weighted by Crippen LogP contribution is -2.24. The Balaban J connectivity index is 1.90. The molecule has 0 bridgehead atoms. The minimum absolute atomic E-state index is 0.196. The SMILES string of the molecule is CC(C)(C)OC(=O)OC/C=C/c1ccc2ccccc2c1. The molecule has 0 radical (unpaired) electrons. The highest BCUT2D eigenvalue weighted by atomic mass is 16.7. The molecule has 0 atom stereocenters. The van der Waals surface area contributed by atoms with E-state index in [-0.39, 0.29) is 6.61 Å². The van der Waals surface area contributed by atoms with Crippen LogP contribution in [0.5, 0.6) is 0 Å². The van der Waals surface area contributed by atoms with Crippen LogP contribution >= 0.6 is 0 Å². The third kappa shape index (κ3) is 4.95. The van der Waals surface area contributed by atoms with E-state index in [2.05, 4.69) is 24.3 Å². The molecule has 0 N–H and O–H groups in total. The molecule has 0 unspecified atom stereocenters. The zero-order chi connectivity index (χ0) is 15.3. The highest BCUT2D eigenvalue weighted by Crippen LogP contribution is 2.16. The van der Waals surface area contributed by atoms with Gasteiger partial charge in [0.05, 0.1) is 0 Å². The Bertz CT molecular complexity index is 651. The Labute approximate surface area is 125 Å². The van der Waals surface area contributed by atoms with Gasteiger partial charge in [-0.2, -0.15) is 0 Å². The predicted octanol–water partition coefficient (Wildman–Crippen LogP) is 4.80. The molecule has 3 nitrogen and oxygen atoms in total. The van der Waals surface area contributed by atoms with Gasteiger partial charge in [0.1, 0.15) is 12.2 Å². The summed E-state index contributed by atoms with van der Waals surface area (Å²) in [5.74, 6) is 0. The molecule has 0 saturated heterocycles. The number of hydrogen-bond acceptors (Lipinski definition) is 3. The summed E-state index contributed by atoms with van der Waals surface area (Å²) >= 11 is 0. The molecule has 2 aromatic rings. The predicted molar refractivity (Wildman–Crippen MR) is 85.2 cm³/mol. The Hall–Kier alpha value is -2.29. The number of rotatable bonds is 3. The van der Waals surface area contributed by atoms with Gasteiger partial charge in [-0.05, 0) is 49.2 Å². The van der Waals surface area contributed by atoms with Crippen molar-refractivity contribution in [3.63, 3.8) is 0 Å². The first-order valence-electron chi connectivity index (χ1n) is 6.95. The Morgan fingerprint density at radius 1 is 1.10 bits per heavy atom. The standard InChI is InChI=1S/C18H20O3/c1-18(2,3)21-17(19)20-12-6-7-14-10-11-15-8-4-5-9-16(15)13-14/h4-11,13H,12H2,1-3H3/b7-6+. The van der Waals surface area contributed by atoms with E-state index in [9.17, 15) is 4.79 Å². The van der Waals surface area contributed by atoms with Crippen LogP contribution in [0.4, 0.5) is 4.79 Å². The van der Waals surface area contributed by atoms with Crippen molar-refractivity contribution < 1.29 is 14.3 Å². The van der Waals surface area contributed by atoms with Crippen molar-refractivity contribution in [1.82, 2.24) is 0 Å². The number of ether oxygens (including phenoxy) is 2. The van der Waals surface area contributed by atoms with Gasteiger partial charge in [-0.25, -0.2) is 4.79 Å². The van der Waals surface area contributed by atoms with Gasteiger partial charge in [0.25, 0.3) is 0 Å². The van der Waals surface area contributed by atoms with E-state index in [1.807, 2.05) is 24.3 Å². The van der Waals surface area contributed by atoms with Crippen LogP contribution < -0.4 is 0 Å². The fourth-order valence-corrected chi connectivity index (χ4v) is 1.89. The largest absolute Gasteiger partial charge is 0.509 e. The average Bonchev–Trinajstić information content (AvgIpc) is 2.41. The van der Waals surface area contributed by atoms with Gasteiger partial charge < -0.3 is 9.47 Å². The first kappa shape index (κ1) is 15.1. The van der Waals surface area contributed by atoms with Crippen molar-refractivity contribution in [2.24, 2.45) is 0 Å². The number of benzene rings is 2. The van der Waals surface area contributed by atoms with Gasteiger partial charge in [-0.1, -0.05) is 42.5 Å². The molecule has 0 amide bonds. The summed E-state index contributed by atoms with van der Waals surface area (Å²) in [6.07, 6.45) is 3.08. The fourth-order valence-electron chi connectivity index (χ4n) is 1.89. The lowest BCUT2D eigenvalue weighted by Gasteiger charge is -2.18. The maximum absolute atomic E-state index is 11.4. The fraction of sp³-hybridized carbons (Fsp3) is 0.278. The summed E-state index contributed by atoms with van der Waals surface area (Å²) in [5, 5.41) is 2.40. The minimum atomic E-state index is -0.648. The maximum atomic E-state index is 11.4. The number of carbonyl (C=O) groups is 1. The first-order valence-corrected chi connectivity index (χ1v) is 6.95. The van der Waals surface area contributed by atoms with E-state index in [1.54, 1.807) is 26.8 Å². The Morgan fingerprint density at radius 2 is 1.81 bits per heavy atom. The van der Waals surface area contributed by atoms with Gasteiger partial charge in [0, 0.05) is 0 Å². The van der Waals surface area contributed by atoms with E-state index >= 15 is 0 Å².